The lowest BCUT2D eigenvalue weighted by molar-refractivity contribution is -0.139. The molecule has 15 heteroatoms. The molecule has 2 aromatic carbocycles. The van der Waals surface area contributed by atoms with E-state index in [1.54, 1.807) is 34.0 Å². The minimum atomic E-state index is -3.64. The number of nitrogens with two attached hydrogens (primary N) is 1. The van der Waals surface area contributed by atoms with Crippen molar-refractivity contribution in [1.82, 2.24) is 24.5 Å². The standard InChI is InChI=1S/C40H52N6O8S/c1-39(2,3)54-38(50)43-31(16-12-7-5-6-9-13-26-21-30(26)36(48)44-55(51,52)40(4)19-20-40)37(49)45-24-29(23-34(45)35(41)47)53-28-17-18-33-32(22-28)42-25-46(33)27-14-10-8-11-15-27/h8-11,13-15,17-18,22,25-26,29-31,34H,5-7,12,16,19-21,23-24H2,1-4H3,(H2,41,47)(H,43,50)(H,44,48)/b13-9-/t26-,29-,30+,31+,34+/m1/s1. The van der Waals surface area contributed by atoms with Gasteiger partial charge in [-0.1, -0.05) is 43.2 Å². The SMILES string of the molecule is CC(C)(C)OC(=O)N[C@@H](CCCCC/C=C\[C@@H]1C[C@@H]1C(=O)NS(=O)(=O)C1(C)CC1)C(=O)N1C[C@H](Oc2ccc3c(c2)ncn3-c2ccccc2)C[C@H]1C(N)=O. The molecule has 0 spiro atoms. The van der Waals surface area contributed by atoms with E-state index in [0.29, 0.717) is 37.9 Å². The van der Waals surface area contributed by atoms with Crippen LogP contribution in [0.15, 0.2) is 67.0 Å². The predicted molar refractivity (Wildman–Crippen MR) is 206 cm³/mol. The molecule has 2 heterocycles. The first-order chi connectivity index (χ1) is 26.0. The van der Waals surface area contributed by atoms with Crippen molar-refractivity contribution in [2.45, 2.75) is 114 Å². The number of likely N-dealkylation sites (tertiary alicyclic amines) is 1. The number of unbranched alkanes of at least 4 members (excludes halogenated alkanes) is 3. The molecule has 3 aliphatic rings. The molecular weight excluding hydrogens is 725 g/mol. The van der Waals surface area contributed by atoms with Crippen molar-refractivity contribution in [1.29, 1.82) is 0 Å². The molecule has 14 nitrogen and oxygen atoms in total. The maximum atomic E-state index is 14.0. The van der Waals surface area contributed by atoms with E-state index in [4.69, 9.17) is 15.2 Å². The van der Waals surface area contributed by atoms with Gasteiger partial charge in [0.15, 0.2) is 0 Å². The normalized spacial score (nSPS) is 22.3. The van der Waals surface area contributed by atoms with Crippen molar-refractivity contribution < 1.29 is 37.1 Å². The van der Waals surface area contributed by atoms with Crippen molar-refractivity contribution >= 4 is 44.9 Å². The smallest absolute Gasteiger partial charge is 0.408 e. The largest absolute Gasteiger partial charge is 0.488 e. The highest BCUT2D eigenvalue weighted by atomic mass is 32.2. The van der Waals surface area contributed by atoms with E-state index in [0.717, 1.165) is 36.0 Å². The second-order valence-electron chi connectivity index (χ2n) is 16.2. The number of sulfonamides is 1. The zero-order valence-electron chi connectivity index (χ0n) is 31.9. The lowest BCUT2D eigenvalue weighted by Crippen LogP contribution is -2.53. The number of imidazole rings is 1. The molecule has 3 aromatic rings. The Morgan fingerprint density at radius 1 is 1.05 bits per heavy atom. The summed E-state index contributed by atoms with van der Waals surface area (Å²) in [6, 6.07) is 13.5. The summed E-state index contributed by atoms with van der Waals surface area (Å²) >= 11 is 0. The summed E-state index contributed by atoms with van der Waals surface area (Å²) in [5, 5.41) is 2.73. The van der Waals surface area contributed by atoms with Gasteiger partial charge in [-0.05, 0) is 96.4 Å². The van der Waals surface area contributed by atoms with Crippen LogP contribution in [-0.2, 0) is 29.1 Å². The summed E-state index contributed by atoms with van der Waals surface area (Å²) in [5.41, 5.74) is 7.62. The quantitative estimate of drug-likeness (QED) is 0.134. The molecule has 5 atom stereocenters. The molecule has 1 saturated heterocycles. The molecule has 2 aliphatic carbocycles. The van der Waals surface area contributed by atoms with Crippen LogP contribution in [0.5, 0.6) is 5.75 Å². The molecule has 296 valence electrons. The second kappa shape index (κ2) is 16.0. The fourth-order valence-electron chi connectivity index (χ4n) is 6.92. The van der Waals surface area contributed by atoms with Gasteiger partial charge < -0.3 is 25.4 Å². The molecule has 55 heavy (non-hydrogen) atoms. The minimum absolute atomic E-state index is 0.0231. The highest BCUT2D eigenvalue weighted by Crippen LogP contribution is 2.44. The number of nitrogens with one attached hydrogen (secondary N) is 2. The zero-order valence-corrected chi connectivity index (χ0v) is 32.7. The zero-order chi connectivity index (χ0) is 39.5. The maximum Gasteiger partial charge on any atom is 0.408 e. The molecule has 2 saturated carbocycles. The third-order valence-corrected chi connectivity index (χ3v) is 12.7. The van der Waals surface area contributed by atoms with Gasteiger partial charge in [0, 0.05) is 24.1 Å². The molecule has 3 fully saturated rings. The molecule has 4 N–H and O–H groups in total. The van der Waals surface area contributed by atoms with Gasteiger partial charge in [0.05, 0.1) is 22.3 Å². The Bertz CT molecular complexity index is 2040. The average molecular weight is 777 g/mol. The van der Waals surface area contributed by atoms with Gasteiger partial charge in [-0.15, -0.1) is 0 Å². The van der Waals surface area contributed by atoms with Crippen LogP contribution in [0.1, 0.15) is 85.5 Å². The highest BCUT2D eigenvalue weighted by Gasteiger charge is 2.52. The fourth-order valence-corrected chi connectivity index (χ4v) is 8.22. The van der Waals surface area contributed by atoms with Gasteiger partial charge in [-0.2, -0.15) is 0 Å². The van der Waals surface area contributed by atoms with Crippen LogP contribution < -0.4 is 20.5 Å². The van der Waals surface area contributed by atoms with Crippen LogP contribution in [0.25, 0.3) is 16.7 Å². The molecule has 6 rings (SSSR count). The van der Waals surface area contributed by atoms with Crippen LogP contribution in [0.4, 0.5) is 4.79 Å². The summed E-state index contributed by atoms with van der Waals surface area (Å²) < 4.78 is 39.9. The van der Waals surface area contributed by atoms with Crippen LogP contribution in [0.3, 0.4) is 0 Å². The Morgan fingerprint density at radius 3 is 2.49 bits per heavy atom. The average Bonchev–Trinajstić information content (AvgIpc) is 3.98. The number of carbonyl (C=O) groups is 4. The number of alkyl carbamates (subject to hydrolysis) is 1. The number of carbonyl (C=O) groups excluding carboxylic acids is 4. The lowest BCUT2D eigenvalue weighted by Gasteiger charge is -2.28. The number of allylic oxidation sites excluding steroid dienone is 2. The number of para-hydroxylation sites is 1. The third-order valence-electron chi connectivity index (χ3n) is 10.5. The number of hydrogen-bond acceptors (Lipinski definition) is 9. The summed E-state index contributed by atoms with van der Waals surface area (Å²) in [7, 11) is -3.64. The minimum Gasteiger partial charge on any atom is -0.488 e. The molecule has 1 aromatic heterocycles. The Kier molecular flexibility index (Phi) is 11.6. The van der Waals surface area contributed by atoms with Gasteiger partial charge in [-0.3, -0.25) is 23.7 Å². The second-order valence-corrected chi connectivity index (χ2v) is 18.4. The maximum absolute atomic E-state index is 14.0. The monoisotopic (exact) mass is 776 g/mol. The van der Waals surface area contributed by atoms with Crippen molar-refractivity contribution in [3.8, 4) is 11.4 Å². The van der Waals surface area contributed by atoms with Crippen LogP contribution in [-0.4, -0.2) is 81.8 Å². The van der Waals surface area contributed by atoms with Gasteiger partial charge in [0.1, 0.15) is 35.9 Å². The number of benzene rings is 2. The number of hydrogen-bond donors (Lipinski definition) is 3. The molecule has 0 unspecified atom stereocenters. The van der Waals surface area contributed by atoms with Crippen LogP contribution >= 0.6 is 0 Å². The number of amides is 4. The third kappa shape index (κ3) is 9.85. The van der Waals surface area contributed by atoms with E-state index in [1.165, 1.54) is 4.90 Å². The number of primary amides is 1. The summed E-state index contributed by atoms with van der Waals surface area (Å²) in [6.45, 7) is 6.96. The Morgan fingerprint density at radius 2 is 1.80 bits per heavy atom. The van der Waals surface area contributed by atoms with E-state index in [1.807, 2.05) is 65.3 Å². The van der Waals surface area contributed by atoms with E-state index in [-0.39, 0.29) is 24.8 Å². The summed E-state index contributed by atoms with van der Waals surface area (Å²) in [5.74, 6) is -1.29. The molecular formula is C40H52N6O8S. The van der Waals surface area contributed by atoms with Crippen LogP contribution in [0, 0.1) is 11.8 Å². The van der Waals surface area contributed by atoms with Crippen molar-refractivity contribution in [2.24, 2.45) is 17.6 Å². The highest BCUT2D eigenvalue weighted by molar-refractivity contribution is 7.91. The first-order valence-corrected chi connectivity index (χ1v) is 20.5. The number of rotatable bonds is 16. The van der Waals surface area contributed by atoms with Gasteiger partial charge in [0.25, 0.3) is 0 Å². The molecule has 0 bridgehead atoms. The molecule has 4 amide bonds. The Labute approximate surface area is 322 Å². The van der Waals surface area contributed by atoms with Gasteiger partial charge in [-0.25, -0.2) is 18.2 Å². The molecule has 0 radical (unpaired) electrons. The van der Waals surface area contributed by atoms with E-state index >= 15 is 0 Å². The van der Waals surface area contributed by atoms with E-state index < -0.39 is 62.4 Å². The lowest BCUT2D eigenvalue weighted by atomic mass is 10.0. The van der Waals surface area contributed by atoms with Gasteiger partial charge in [0.2, 0.25) is 27.7 Å². The number of ether oxygens (including phenoxy) is 2. The van der Waals surface area contributed by atoms with E-state index in [2.05, 4.69) is 15.0 Å². The topological polar surface area (TPSA) is 192 Å². The van der Waals surface area contributed by atoms with Gasteiger partial charge >= 0.3 is 6.09 Å². The number of aromatic nitrogens is 2. The number of nitrogens with zero attached hydrogens (tertiary/aromatic N) is 3. The summed E-state index contributed by atoms with van der Waals surface area (Å²) in [6.07, 6.45) is 9.64. The van der Waals surface area contributed by atoms with E-state index in [9.17, 15) is 27.6 Å². The van der Waals surface area contributed by atoms with Crippen molar-refractivity contribution in [3.63, 3.8) is 0 Å². The summed E-state index contributed by atoms with van der Waals surface area (Å²) in [4.78, 5) is 57.9. The predicted octanol–water partition coefficient (Wildman–Crippen LogP) is 4.89. The van der Waals surface area contributed by atoms with Crippen LogP contribution in [0.2, 0.25) is 0 Å². The Balaban J connectivity index is 1.02. The molecule has 1 aliphatic heterocycles. The Hall–Kier alpha value is -4.92. The first-order valence-electron chi connectivity index (χ1n) is 19.0. The van der Waals surface area contributed by atoms with Crippen molar-refractivity contribution in [3.05, 3.63) is 67.0 Å². The first kappa shape index (κ1) is 39.8. The van der Waals surface area contributed by atoms with Crippen molar-refractivity contribution in [2.75, 3.05) is 6.54 Å². The fraction of sp³-hybridized carbons (Fsp3) is 0.525. The number of fused-ring (bicyclic) bond motifs is 1.